The first-order valence-corrected chi connectivity index (χ1v) is 8.02. The lowest BCUT2D eigenvalue weighted by Crippen LogP contribution is -2.32. The van der Waals surface area contributed by atoms with Crippen LogP contribution in [0.5, 0.6) is 0 Å². The summed E-state index contributed by atoms with van der Waals surface area (Å²) in [6.07, 6.45) is 1.10. The maximum atomic E-state index is 9.05. The Morgan fingerprint density at radius 1 is 1.25 bits per heavy atom. The lowest BCUT2D eigenvalue weighted by atomic mass is 10.2. The minimum Gasteiger partial charge on any atom is -0.395 e. The Hall–Kier alpha value is -0.720. The molecule has 0 unspecified atom stereocenters. The molecule has 5 nitrogen and oxygen atoms in total. The van der Waals surface area contributed by atoms with Crippen molar-refractivity contribution in [2.75, 3.05) is 44.2 Å². The molecule has 1 fully saturated rings. The second-order valence-corrected chi connectivity index (χ2v) is 6.28. The van der Waals surface area contributed by atoms with Crippen LogP contribution in [0.15, 0.2) is 10.7 Å². The number of aromatic nitrogens is 2. The summed E-state index contributed by atoms with van der Waals surface area (Å²) in [4.78, 5) is 13.7. The minimum absolute atomic E-state index is 0.233. The van der Waals surface area contributed by atoms with Crippen LogP contribution in [0, 0.1) is 0 Å². The molecule has 0 radical (unpaired) electrons. The molecule has 1 aliphatic rings. The molecule has 0 aliphatic carbocycles. The van der Waals surface area contributed by atoms with Crippen molar-refractivity contribution in [2.45, 2.75) is 26.2 Å². The summed E-state index contributed by atoms with van der Waals surface area (Å²) in [7, 11) is 0. The molecule has 2 rings (SSSR count). The summed E-state index contributed by atoms with van der Waals surface area (Å²) in [5, 5.41) is 9.05. The fraction of sp³-hybridized carbons (Fsp3) is 0.714. The number of aliphatic hydroxyl groups is 1. The topological polar surface area (TPSA) is 52.5 Å². The lowest BCUT2D eigenvalue weighted by Gasteiger charge is -2.23. The molecular weight excluding hydrogens is 320 g/mol. The maximum absolute atomic E-state index is 9.05. The Morgan fingerprint density at radius 2 is 2.05 bits per heavy atom. The first-order chi connectivity index (χ1) is 9.60. The first kappa shape index (κ1) is 15.7. The molecule has 1 saturated heterocycles. The van der Waals surface area contributed by atoms with E-state index in [9.17, 15) is 0 Å². The molecular formula is C14H23BrN4O. The summed E-state index contributed by atoms with van der Waals surface area (Å²) in [5.41, 5.74) is 0. The number of hydrogen-bond donors (Lipinski definition) is 1. The molecule has 0 aromatic carbocycles. The second-order valence-electron chi connectivity index (χ2n) is 5.47. The molecule has 20 heavy (non-hydrogen) atoms. The Morgan fingerprint density at radius 3 is 2.75 bits per heavy atom. The van der Waals surface area contributed by atoms with E-state index in [0.29, 0.717) is 5.92 Å². The zero-order valence-electron chi connectivity index (χ0n) is 12.2. The summed E-state index contributed by atoms with van der Waals surface area (Å²) >= 11 is 3.48. The van der Waals surface area contributed by atoms with Gasteiger partial charge in [0.25, 0.3) is 0 Å². The minimum atomic E-state index is 0.233. The standard InChI is InChI=1S/C14H23BrN4O/c1-11(2)14-16-12(15)10-13(17-14)19-5-3-4-18(6-7-19)8-9-20/h10-11,20H,3-9H2,1-2H3. The number of halogens is 1. The van der Waals surface area contributed by atoms with Crippen molar-refractivity contribution >= 4 is 21.7 Å². The highest BCUT2D eigenvalue weighted by molar-refractivity contribution is 9.10. The summed E-state index contributed by atoms with van der Waals surface area (Å²) < 4.78 is 0.850. The van der Waals surface area contributed by atoms with Crippen molar-refractivity contribution in [1.29, 1.82) is 0 Å². The molecule has 2 heterocycles. The predicted molar refractivity (Wildman–Crippen MR) is 84.2 cm³/mol. The fourth-order valence-corrected chi connectivity index (χ4v) is 2.79. The van der Waals surface area contributed by atoms with Crippen molar-refractivity contribution in [1.82, 2.24) is 14.9 Å². The number of hydrogen-bond acceptors (Lipinski definition) is 5. The summed E-state index contributed by atoms with van der Waals surface area (Å²) in [6.45, 7) is 9.17. The van der Waals surface area contributed by atoms with Gasteiger partial charge in [0.15, 0.2) is 0 Å². The average molecular weight is 343 g/mol. The smallest absolute Gasteiger partial charge is 0.134 e. The molecule has 1 aliphatic heterocycles. The van der Waals surface area contributed by atoms with Crippen LogP contribution in [0.2, 0.25) is 0 Å². The highest BCUT2D eigenvalue weighted by Gasteiger charge is 2.17. The fourth-order valence-electron chi connectivity index (χ4n) is 2.41. The van der Waals surface area contributed by atoms with Crippen LogP contribution < -0.4 is 4.90 Å². The van der Waals surface area contributed by atoms with E-state index < -0.39 is 0 Å². The van der Waals surface area contributed by atoms with Gasteiger partial charge in [-0.15, -0.1) is 0 Å². The zero-order chi connectivity index (χ0) is 14.5. The third kappa shape index (κ3) is 4.14. The average Bonchev–Trinajstić information content (AvgIpc) is 2.64. The largest absolute Gasteiger partial charge is 0.395 e. The van der Waals surface area contributed by atoms with Crippen molar-refractivity contribution in [3.05, 3.63) is 16.5 Å². The van der Waals surface area contributed by atoms with E-state index in [1.807, 2.05) is 6.07 Å². The van der Waals surface area contributed by atoms with Crippen LogP contribution in [0.1, 0.15) is 32.0 Å². The monoisotopic (exact) mass is 342 g/mol. The molecule has 112 valence electrons. The van der Waals surface area contributed by atoms with Crippen molar-refractivity contribution in [3.8, 4) is 0 Å². The van der Waals surface area contributed by atoms with Gasteiger partial charge in [-0.1, -0.05) is 13.8 Å². The van der Waals surface area contributed by atoms with Gasteiger partial charge in [0.05, 0.1) is 6.61 Å². The van der Waals surface area contributed by atoms with Gasteiger partial charge in [0, 0.05) is 38.2 Å². The van der Waals surface area contributed by atoms with Gasteiger partial charge in [-0.3, -0.25) is 4.90 Å². The Labute approximate surface area is 129 Å². The van der Waals surface area contributed by atoms with E-state index in [-0.39, 0.29) is 6.61 Å². The van der Waals surface area contributed by atoms with Crippen LogP contribution in [-0.4, -0.2) is 59.3 Å². The molecule has 1 N–H and O–H groups in total. The Balaban J connectivity index is 2.11. The number of rotatable bonds is 4. The Bertz CT molecular complexity index is 441. The highest BCUT2D eigenvalue weighted by Crippen LogP contribution is 2.21. The van der Waals surface area contributed by atoms with Crippen LogP contribution in [0.3, 0.4) is 0 Å². The second kappa shape index (κ2) is 7.33. The number of aliphatic hydroxyl groups excluding tert-OH is 1. The molecule has 0 spiro atoms. The van der Waals surface area contributed by atoms with Crippen molar-refractivity contribution in [2.24, 2.45) is 0 Å². The van der Waals surface area contributed by atoms with E-state index >= 15 is 0 Å². The van der Waals surface area contributed by atoms with Gasteiger partial charge in [-0.2, -0.15) is 0 Å². The van der Waals surface area contributed by atoms with E-state index in [2.05, 4.69) is 49.5 Å². The van der Waals surface area contributed by atoms with Crippen LogP contribution >= 0.6 is 15.9 Å². The van der Waals surface area contributed by atoms with E-state index in [1.165, 1.54) is 0 Å². The van der Waals surface area contributed by atoms with E-state index in [0.717, 1.165) is 55.4 Å². The summed E-state index contributed by atoms with van der Waals surface area (Å²) in [6, 6.07) is 1.99. The van der Waals surface area contributed by atoms with Gasteiger partial charge in [-0.05, 0) is 28.9 Å². The van der Waals surface area contributed by atoms with Crippen LogP contribution in [-0.2, 0) is 0 Å². The molecule has 1 aromatic heterocycles. The third-order valence-corrected chi connectivity index (χ3v) is 3.95. The molecule has 0 atom stereocenters. The molecule has 0 saturated carbocycles. The SMILES string of the molecule is CC(C)c1nc(Br)cc(N2CCCN(CCO)CC2)n1. The molecule has 0 bridgehead atoms. The first-order valence-electron chi connectivity index (χ1n) is 7.23. The number of anilines is 1. The molecule has 1 aromatic rings. The quantitative estimate of drug-likeness (QED) is 0.846. The van der Waals surface area contributed by atoms with Gasteiger partial charge >= 0.3 is 0 Å². The number of nitrogens with zero attached hydrogens (tertiary/aromatic N) is 4. The predicted octanol–water partition coefficient (Wildman–Crippen LogP) is 1.87. The third-order valence-electron chi connectivity index (χ3n) is 3.54. The summed E-state index contributed by atoms with van der Waals surface area (Å²) in [5.74, 6) is 2.20. The van der Waals surface area contributed by atoms with Crippen molar-refractivity contribution < 1.29 is 5.11 Å². The van der Waals surface area contributed by atoms with Crippen LogP contribution in [0.4, 0.5) is 5.82 Å². The lowest BCUT2D eigenvalue weighted by molar-refractivity contribution is 0.204. The Kier molecular flexibility index (Phi) is 5.74. The van der Waals surface area contributed by atoms with Gasteiger partial charge in [0.2, 0.25) is 0 Å². The van der Waals surface area contributed by atoms with Gasteiger partial charge in [-0.25, -0.2) is 9.97 Å². The van der Waals surface area contributed by atoms with Crippen LogP contribution in [0.25, 0.3) is 0 Å². The molecule has 6 heteroatoms. The maximum Gasteiger partial charge on any atom is 0.134 e. The highest BCUT2D eigenvalue weighted by atomic mass is 79.9. The molecule has 0 amide bonds. The zero-order valence-corrected chi connectivity index (χ0v) is 13.8. The van der Waals surface area contributed by atoms with Gasteiger partial charge in [0.1, 0.15) is 16.2 Å². The van der Waals surface area contributed by atoms with E-state index in [4.69, 9.17) is 5.11 Å². The normalized spacial score (nSPS) is 17.6. The van der Waals surface area contributed by atoms with Crippen molar-refractivity contribution in [3.63, 3.8) is 0 Å². The van der Waals surface area contributed by atoms with Gasteiger partial charge < -0.3 is 10.0 Å². The van der Waals surface area contributed by atoms with E-state index in [1.54, 1.807) is 0 Å². The number of β-amino-alcohol motifs (C(OH)–C–C–N with tert-alkyl or cyclic N) is 1.